The zero-order valence-corrected chi connectivity index (χ0v) is 11.8. The fourth-order valence-electron chi connectivity index (χ4n) is 1.99. The molecular formula is C16H16N2O3. The van der Waals surface area contributed by atoms with Gasteiger partial charge in [0.05, 0.1) is 0 Å². The molecule has 0 fully saturated rings. The van der Waals surface area contributed by atoms with Crippen molar-refractivity contribution in [1.82, 2.24) is 10.4 Å². The van der Waals surface area contributed by atoms with E-state index in [1.165, 1.54) is 4.90 Å². The van der Waals surface area contributed by atoms with Gasteiger partial charge < -0.3 is 4.90 Å². The Hall–Kier alpha value is -2.66. The molecule has 0 radical (unpaired) electrons. The van der Waals surface area contributed by atoms with E-state index < -0.39 is 5.91 Å². The van der Waals surface area contributed by atoms with Gasteiger partial charge in [0.25, 0.3) is 11.8 Å². The standard InChI is InChI=1S/C16H16N2O3/c1-18(2)16(20)14-8-4-6-12(10-14)11-5-3-7-13(9-11)15(19)17-21/h3-10,21H,1-2H3,(H,17,19). The van der Waals surface area contributed by atoms with Crippen LogP contribution in [-0.4, -0.2) is 36.0 Å². The molecular weight excluding hydrogens is 268 g/mol. The number of amides is 2. The Kier molecular flexibility index (Phi) is 4.35. The van der Waals surface area contributed by atoms with Crippen molar-refractivity contribution in [2.24, 2.45) is 0 Å². The molecule has 5 nitrogen and oxygen atoms in total. The van der Waals surface area contributed by atoms with Gasteiger partial charge in [0.1, 0.15) is 0 Å². The molecule has 2 aromatic carbocycles. The van der Waals surface area contributed by atoms with E-state index in [-0.39, 0.29) is 5.91 Å². The zero-order chi connectivity index (χ0) is 15.4. The van der Waals surface area contributed by atoms with Crippen LogP contribution in [0, 0.1) is 0 Å². The lowest BCUT2D eigenvalue weighted by Crippen LogP contribution is -2.21. The Bertz CT molecular complexity index is 681. The summed E-state index contributed by atoms with van der Waals surface area (Å²) in [7, 11) is 3.39. The third kappa shape index (κ3) is 3.27. The first-order valence-corrected chi connectivity index (χ1v) is 6.39. The number of nitrogens with one attached hydrogen (secondary N) is 1. The van der Waals surface area contributed by atoms with E-state index in [4.69, 9.17) is 5.21 Å². The maximum absolute atomic E-state index is 12.0. The van der Waals surface area contributed by atoms with Gasteiger partial charge in [0, 0.05) is 25.2 Å². The molecule has 0 aromatic heterocycles. The summed E-state index contributed by atoms with van der Waals surface area (Å²) in [5, 5.41) is 8.68. The van der Waals surface area contributed by atoms with Crippen molar-refractivity contribution >= 4 is 11.8 Å². The highest BCUT2D eigenvalue weighted by atomic mass is 16.5. The maximum Gasteiger partial charge on any atom is 0.274 e. The topological polar surface area (TPSA) is 69.6 Å². The fraction of sp³-hybridized carbons (Fsp3) is 0.125. The van der Waals surface area contributed by atoms with Gasteiger partial charge in [-0.2, -0.15) is 0 Å². The van der Waals surface area contributed by atoms with E-state index >= 15 is 0 Å². The van der Waals surface area contributed by atoms with Gasteiger partial charge in [-0.1, -0.05) is 24.3 Å². The SMILES string of the molecule is CN(C)C(=O)c1cccc(-c2cccc(C(=O)NO)c2)c1. The van der Waals surface area contributed by atoms with Gasteiger partial charge >= 0.3 is 0 Å². The van der Waals surface area contributed by atoms with Crippen molar-refractivity contribution in [3.05, 3.63) is 59.7 Å². The van der Waals surface area contributed by atoms with Crippen molar-refractivity contribution in [3.63, 3.8) is 0 Å². The lowest BCUT2D eigenvalue weighted by molar-refractivity contribution is 0.0706. The first-order chi connectivity index (χ1) is 10.0. The Morgan fingerprint density at radius 2 is 1.48 bits per heavy atom. The summed E-state index contributed by atoms with van der Waals surface area (Å²) in [6.45, 7) is 0. The largest absolute Gasteiger partial charge is 0.345 e. The molecule has 2 aromatic rings. The highest BCUT2D eigenvalue weighted by Crippen LogP contribution is 2.22. The summed E-state index contributed by atoms with van der Waals surface area (Å²) >= 11 is 0. The minimum absolute atomic E-state index is 0.0823. The number of hydrogen-bond acceptors (Lipinski definition) is 3. The van der Waals surface area contributed by atoms with Crippen LogP contribution in [0.15, 0.2) is 48.5 Å². The van der Waals surface area contributed by atoms with E-state index in [0.717, 1.165) is 11.1 Å². The number of rotatable bonds is 3. The molecule has 5 heteroatoms. The number of nitrogens with zero attached hydrogens (tertiary/aromatic N) is 1. The van der Waals surface area contributed by atoms with Crippen molar-refractivity contribution < 1.29 is 14.8 Å². The molecule has 0 saturated carbocycles. The molecule has 0 saturated heterocycles. The second-order valence-electron chi connectivity index (χ2n) is 4.80. The summed E-state index contributed by atoms with van der Waals surface area (Å²) in [5.74, 6) is -0.654. The average molecular weight is 284 g/mol. The molecule has 0 bridgehead atoms. The minimum atomic E-state index is -0.572. The van der Waals surface area contributed by atoms with Crippen LogP contribution in [0.25, 0.3) is 11.1 Å². The molecule has 0 atom stereocenters. The molecule has 0 spiro atoms. The van der Waals surface area contributed by atoms with E-state index in [1.807, 2.05) is 12.1 Å². The van der Waals surface area contributed by atoms with Gasteiger partial charge in [-0.15, -0.1) is 0 Å². The summed E-state index contributed by atoms with van der Waals surface area (Å²) in [5.41, 5.74) is 4.15. The van der Waals surface area contributed by atoms with Crippen LogP contribution in [0.5, 0.6) is 0 Å². The number of benzene rings is 2. The Balaban J connectivity index is 2.41. The predicted octanol–water partition coefficient (Wildman–Crippen LogP) is 2.17. The molecule has 2 N–H and O–H groups in total. The molecule has 0 aliphatic heterocycles. The second kappa shape index (κ2) is 6.19. The van der Waals surface area contributed by atoms with Crippen LogP contribution in [0.1, 0.15) is 20.7 Å². The van der Waals surface area contributed by atoms with Crippen LogP contribution >= 0.6 is 0 Å². The first-order valence-electron chi connectivity index (χ1n) is 6.39. The Labute approximate surface area is 122 Å². The lowest BCUT2D eigenvalue weighted by atomic mass is 10.0. The van der Waals surface area contributed by atoms with Gasteiger partial charge in [-0.05, 0) is 35.4 Å². The smallest absolute Gasteiger partial charge is 0.274 e. The maximum atomic E-state index is 12.0. The Morgan fingerprint density at radius 3 is 2.00 bits per heavy atom. The fourth-order valence-corrected chi connectivity index (χ4v) is 1.99. The van der Waals surface area contributed by atoms with Crippen molar-refractivity contribution in [2.75, 3.05) is 14.1 Å². The Morgan fingerprint density at radius 1 is 0.952 bits per heavy atom. The summed E-state index contributed by atoms with van der Waals surface area (Å²) in [4.78, 5) is 24.9. The van der Waals surface area contributed by atoms with E-state index in [9.17, 15) is 9.59 Å². The molecule has 108 valence electrons. The van der Waals surface area contributed by atoms with Gasteiger partial charge in [0.15, 0.2) is 0 Å². The molecule has 0 aliphatic rings. The predicted molar refractivity (Wildman–Crippen MR) is 79.1 cm³/mol. The molecule has 0 aliphatic carbocycles. The van der Waals surface area contributed by atoms with Crippen LogP contribution in [0.2, 0.25) is 0 Å². The van der Waals surface area contributed by atoms with Crippen molar-refractivity contribution in [1.29, 1.82) is 0 Å². The third-order valence-corrected chi connectivity index (χ3v) is 3.08. The van der Waals surface area contributed by atoms with E-state index in [2.05, 4.69) is 0 Å². The van der Waals surface area contributed by atoms with Crippen LogP contribution in [-0.2, 0) is 0 Å². The summed E-state index contributed by atoms with van der Waals surface area (Å²) in [6.07, 6.45) is 0. The number of carbonyl (C=O) groups is 2. The highest BCUT2D eigenvalue weighted by Gasteiger charge is 2.10. The lowest BCUT2D eigenvalue weighted by Gasteiger charge is -2.11. The first kappa shape index (κ1) is 14.7. The minimum Gasteiger partial charge on any atom is -0.345 e. The van der Waals surface area contributed by atoms with Gasteiger partial charge in [-0.25, -0.2) is 5.48 Å². The van der Waals surface area contributed by atoms with Crippen LogP contribution in [0.3, 0.4) is 0 Å². The average Bonchev–Trinajstić information content (AvgIpc) is 2.53. The van der Waals surface area contributed by atoms with Crippen molar-refractivity contribution in [3.8, 4) is 11.1 Å². The van der Waals surface area contributed by atoms with Gasteiger partial charge in [-0.3, -0.25) is 14.8 Å². The summed E-state index contributed by atoms with van der Waals surface area (Å²) < 4.78 is 0. The third-order valence-electron chi connectivity index (χ3n) is 3.08. The van der Waals surface area contributed by atoms with Gasteiger partial charge in [0.2, 0.25) is 0 Å². The van der Waals surface area contributed by atoms with Crippen LogP contribution in [0.4, 0.5) is 0 Å². The monoisotopic (exact) mass is 284 g/mol. The van der Waals surface area contributed by atoms with Crippen molar-refractivity contribution in [2.45, 2.75) is 0 Å². The molecule has 0 unspecified atom stereocenters. The van der Waals surface area contributed by atoms with E-state index in [0.29, 0.717) is 11.1 Å². The molecule has 2 rings (SSSR count). The second-order valence-corrected chi connectivity index (χ2v) is 4.80. The highest BCUT2D eigenvalue weighted by molar-refractivity contribution is 5.96. The zero-order valence-electron chi connectivity index (χ0n) is 11.8. The van der Waals surface area contributed by atoms with Crippen LogP contribution < -0.4 is 5.48 Å². The molecule has 0 heterocycles. The number of carbonyl (C=O) groups excluding carboxylic acids is 2. The molecule has 21 heavy (non-hydrogen) atoms. The number of hydrogen-bond donors (Lipinski definition) is 2. The normalized spacial score (nSPS) is 10.0. The quantitative estimate of drug-likeness (QED) is 0.670. The van der Waals surface area contributed by atoms with E-state index in [1.54, 1.807) is 56.0 Å². The number of hydroxylamine groups is 1. The molecule has 2 amide bonds. The summed E-state index contributed by atoms with van der Waals surface area (Å²) in [6, 6.07) is 14.0.